The van der Waals surface area contributed by atoms with Gasteiger partial charge in [-0.2, -0.15) is 0 Å². The summed E-state index contributed by atoms with van der Waals surface area (Å²) in [5.74, 6) is -0.0913. The van der Waals surface area contributed by atoms with Gasteiger partial charge < -0.3 is 5.32 Å². The second kappa shape index (κ2) is 4.16. The zero-order valence-corrected chi connectivity index (χ0v) is 9.74. The van der Waals surface area contributed by atoms with Crippen LogP contribution >= 0.6 is 24.0 Å². The number of allylic oxidation sites excluding steroid dienone is 1. The molecule has 2 nitrogen and oxygen atoms in total. The van der Waals surface area contributed by atoms with Crippen molar-refractivity contribution < 1.29 is 4.79 Å². The molecule has 0 saturated carbocycles. The minimum atomic E-state index is -0.0913. The van der Waals surface area contributed by atoms with E-state index in [1.165, 1.54) is 11.8 Å². The smallest absolute Gasteiger partial charge is 0.263 e. The first kappa shape index (κ1) is 10.4. The number of hydrogen-bond acceptors (Lipinski definition) is 3. The second-order valence-corrected chi connectivity index (χ2v) is 4.85. The first-order chi connectivity index (χ1) is 7.18. The van der Waals surface area contributed by atoms with E-state index in [0.717, 1.165) is 11.1 Å². The van der Waals surface area contributed by atoms with Gasteiger partial charge >= 0.3 is 0 Å². The largest absolute Gasteiger partial charge is 0.307 e. The van der Waals surface area contributed by atoms with Crippen LogP contribution in [0.3, 0.4) is 0 Å². The highest BCUT2D eigenvalue weighted by molar-refractivity contribution is 8.26. The highest BCUT2D eigenvalue weighted by Crippen LogP contribution is 2.31. The van der Waals surface area contributed by atoms with E-state index in [4.69, 9.17) is 12.2 Å². The summed E-state index contributed by atoms with van der Waals surface area (Å²) in [5.41, 5.74) is 2.03. The van der Waals surface area contributed by atoms with Crippen molar-refractivity contribution in [3.8, 4) is 0 Å². The van der Waals surface area contributed by atoms with Crippen LogP contribution in [0.25, 0.3) is 5.57 Å². The topological polar surface area (TPSA) is 29.1 Å². The van der Waals surface area contributed by atoms with Gasteiger partial charge in [0.25, 0.3) is 5.91 Å². The third-order valence-corrected chi connectivity index (χ3v) is 3.50. The molecule has 15 heavy (non-hydrogen) atoms. The van der Waals surface area contributed by atoms with Crippen LogP contribution in [0.1, 0.15) is 12.5 Å². The second-order valence-electron chi connectivity index (χ2n) is 3.16. The van der Waals surface area contributed by atoms with E-state index in [1.807, 2.05) is 37.3 Å². The molecule has 1 aliphatic rings. The molecule has 0 radical (unpaired) electrons. The minimum Gasteiger partial charge on any atom is -0.307 e. The molecular formula is C11H9NOS2. The van der Waals surface area contributed by atoms with Gasteiger partial charge in [-0.25, -0.2) is 0 Å². The van der Waals surface area contributed by atoms with Gasteiger partial charge in [-0.1, -0.05) is 54.3 Å². The first-order valence-corrected chi connectivity index (χ1v) is 5.70. The summed E-state index contributed by atoms with van der Waals surface area (Å²) in [5, 5.41) is 2.62. The van der Waals surface area contributed by atoms with Crippen LogP contribution in [-0.4, -0.2) is 10.2 Å². The number of hydrogen-bond donors (Lipinski definition) is 1. The number of carbonyl (C=O) groups is 1. The van der Waals surface area contributed by atoms with Crippen LogP contribution in [-0.2, 0) is 4.79 Å². The lowest BCUT2D eigenvalue weighted by atomic mass is 10.1. The SMILES string of the molecule is C/C(=C1\SC(=S)NC1=O)c1ccccc1. The number of nitrogens with one attached hydrogen (secondary N) is 1. The van der Waals surface area contributed by atoms with Crippen molar-refractivity contribution in [1.29, 1.82) is 0 Å². The summed E-state index contributed by atoms with van der Waals surface area (Å²) in [6.45, 7) is 1.94. The quantitative estimate of drug-likeness (QED) is 0.599. The number of rotatable bonds is 1. The Morgan fingerprint density at radius 2 is 2.00 bits per heavy atom. The van der Waals surface area contributed by atoms with Gasteiger partial charge in [0.15, 0.2) is 0 Å². The Bertz CT molecular complexity index is 451. The summed E-state index contributed by atoms with van der Waals surface area (Å²) in [6.07, 6.45) is 0. The van der Waals surface area contributed by atoms with E-state index >= 15 is 0 Å². The lowest BCUT2D eigenvalue weighted by molar-refractivity contribution is -0.115. The van der Waals surface area contributed by atoms with Gasteiger partial charge in [0.2, 0.25) is 0 Å². The summed E-state index contributed by atoms with van der Waals surface area (Å²) in [4.78, 5) is 12.2. The summed E-state index contributed by atoms with van der Waals surface area (Å²) >= 11 is 6.27. The highest BCUT2D eigenvalue weighted by Gasteiger charge is 2.24. The molecule has 0 aliphatic carbocycles. The molecule has 1 saturated heterocycles. The Morgan fingerprint density at radius 1 is 1.33 bits per heavy atom. The zero-order chi connectivity index (χ0) is 10.8. The molecule has 0 atom stereocenters. The molecule has 76 valence electrons. The number of benzene rings is 1. The van der Waals surface area contributed by atoms with Crippen LogP contribution < -0.4 is 5.32 Å². The fourth-order valence-electron chi connectivity index (χ4n) is 1.38. The molecule has 4 heteroatoms. The van der Waals surface area contributed by atoms with Crippen LogP contribution in [0.2, 0.25) is 0 Å². The molecule has 0 unspecified atom stereocenters. The number of carbonyl (C=O) groups excluding carboxylic acids is 1. The van der Waals surface area contributed by atoms with Crippen molar-refractivity contribution in [3.63, 3.8) is 0 Å². The van der Waals surface area contributed by atoms with E-state index in [1.54, 1.807) is 0 Å². The maximum Gasteiger partial charge on any atom is 0.263 e. The molecular weight excluding hydrogens is 226 g/mol. The Morgan fingerprint density at radius 3 is 2.53 bits per heavy atom. The Hall–Kier alpha value is -1.13. The monoisotopic (exact) mass is 235 g/mol. The molecule has 1 fully saturated rings. The van der Waals surface area contributed by atoms with Gasteiger partial charge in [0, 0.05) is 0 Å². The standard InChI is InChI=1S/C11H9NOS2/c1-7(8-5-3-2-4-6-8)9-10(13)12-11(14)15-9/h2-6H,1H3,(H,12,13,14)/b9-7+. The van der Waals surface area contributed by atoms with Crippen LogP contribution in [0, 0.1) is 0 Å². The number of thiocarbonyl (C=S) groups is 1. The van der Waals surface area contributed by atoms with Crippen molar-refractivity contribution in [2.24, 2.45) is 0 Å². The highest BCUT2D eigenvalue weighted by atomic mass is 32.2. The maximum absolute atomic E-state index is 11.5. The van der Waals surface area contributed by atoms with Crippen LogP contribution in [0.4, 0.5) is 0 Å². The van der Waals surface area contributed by atoms with E-state index < -0.39 is 0 Å². The fraction of sp³-hybridized carbons (Fsp3) is 0.0909. The van der Waals surface area contributed by atoms with Gasteiger partial charge in [-0.05, 0) is 18.1 Å². The average molecular weight is 235 g/mol. The average Bonchev–Trinajstić information content (AvgIpc) is 2.58. The van der Waals surface area contributed by atoms with Crippen molar-refractivity contribution in [3.05, 3.63) is 40.8 Å². The van der Waals surface area contributed by atoms with E-state index in [2.05, 4.69) is 5.32 Å². The third kappa shape index (κ3) is 2.11. The van der Waals surface area contributed by atoms with Crippen LogP contribution in [0.15, 0.2) is 35.2 Å². The number of amides is 1. The van der Waals surface area contributed by atoms with Crippen molar-refractivity contribution >= 4 is 39.8 Å². The van der Waals surface area contributed by atoms with Gasteiger partial charge in [0.1, 0.15) is 4.32 Å². The maximum atomic E-state index is 11.5. The Kier molecular flexibility index (Phi) is 2.88. The van der Waals surface area contributed by atoms with Crippen molar-refractivity contribution in [2.75, 3.05) is 0 Å². The minimum absolute atomic E-state index is 0.0913. The normalized spacial score (nSPS) is 19.0. The molecule has 0 aromatic heterocycles. The molecule has 1 aromatic rings. The summed E-state index contributed by atoms with van der Waals surface area (Å²) < 4.78 is 0.533. The van der Waals surface area contributed by atoms with Crippen molar-refractivity contribution in [2.45, 2.75) is 6.92 Å². The molecule has 1 amide bonds. The molecule has 1 aromatic carbocycles. The number of thioether (sulfide) groups is 1. The summed E-state index contributed by atoms with van der Waals surface area (Å²) in [7, 11) is 0. The fourth-order valence-corrected chi connectivity index (χ4v) is 2.47. The molecule has 2 rings (SSSR count). The van der Waals surface area contributed by atoms with E-state index in [0.29, 0.717) is 9.23 Å². The Balaban J connectivity index is 2.42. The zero-order valence-electron chi connectivity index (χ0n) is 8.11. The molecule has 0 spiro atoms. The molecule has 1 heterocycles. The van der Waals surface area contributed by atoms with E-state index in [9.17, 15) is 4.79 Å². The lowest BCUT2D eigenvalue weighted by Crippen LogP contribution is -2.18. The van der Waals surface area contributed by atoms with Gasteiger partial charge in [0.05, 0.1) is 4.91 Å². The predicted octanol–water partition coefficient (Wildman–Crippen LogP) is 2.57. The van der Waals surface area contributed by atoms with Gasteiger partial charge in [-0.15, -0.1) is 0 Å². The van der Waals surface area contributed by atoms with E-state index in [-0.39, 0.29) is 5.91 Å². The molecule has 1 aliphatic heterocycles. The third-order valence-electron chi connectivity index (χ3n) is 2.16. The first-order valence-electron chi connectivity index (χ1n) is 4.48. The molecule has 1 N–H and O–H groups in total. The summed E-state index contributed by atoms with van der Waals surface area (Å²) in [6, 6.07) is 9.83. The van der Waals surface area contributed by atoms with Crippen molar-refractivity contribution in [1.82, 2.24) is 5.32 Å². The van der Waals surface area contributed by atoms with Crippen LogP contribution in [0.5, 0.6) is 0 Å². The lowest BCUT2D eigenvalue weighted by Gasteiger charge is -2.02. The molecule has 0 bridgehead atoms. The predicted molar refractivity (Wildman–Crippen MR) is 67.4 cm³/mol. The Labute approximate surface area is 97.8 Å². The van der Waals surface area contributed by atoms with Gasteiger partial charge in [-0.3, -0.25) is 4.79 Å².